The molecule has 0 amide bonds. The minimum Gasteiger partial charge on any atom is -0.213 e. The molecule has 0 saturated carbocycles. The molecule has 2 aromatic rings. The molecule has 0 aliphatic rings. The van der Waals surface area contributed by atoms with Crippen LogP contribution in [0.4, 0.5) is 0 Å². The van der Waals surface area contributed by atoms with Crippen molar-refractivity contribution in [3.63, 3.8) is 0 Å². The first-order valence-corrected chi connectivity index (χ1v) is 2.90. The van der Waals surface area contributed by atoms with Gasteiger partial charge in [-0.2, -0.15) is 5.21 Å². The van der Waals surface area contributed by atoms with E-state index in [1.165, 1.54) is 0 Å². The Morgan fingerprint density at radius 3 is 3.22 bits per heavy atom. The fraction of sp³-hybridized carbons (Fsp3) is 0. The first-order chi connectivity index (χ1) is 4.38. The fourth-order valence-electron chi connectivity index (χ4n) is 0.714. The lowest BCUT2D eigenvalue weighted by molar-refractivity contribution is 0.781. The van der Waals surface area contributed by atoms with Crippen molar-refractivity contribution in [3.05, 3.63) is 12.1 Å². The molecule has 5 heteroatoms. The summed E-state index contributed by atoms with van der Waals surface area (Å²) in [5.74, 6) is 0. The standard InChI is InChI=1S/C4H4N4S/c9-4-2-1-3-5-6-7-8(3)4/h1-2,9H,(H,5,7). The molecular formula is C4H4N4S. The minimum absolute atomic E-state index is 0.792. The maximum atomic E-state index is 4.12. The van der Waals surface area contributed by atoms with E-state index in [1.807, 2.05) is 12.1 Å². The van der Waals surface area contributed by atoms with E-state index in [9.17, 15) is 0 Å². The molecule has 0 aliphatic carbocycles. The Balaban J connectivity index is 2.99. The number of nitrogens with one attached hydrogen (secondary N) is 1. The van der Waals surface area contributed by atoms with E-state index in [0.717, 1.165) is 10.7 Å². The SMILES string of the molecule is Sc1ccc2nn[nH]n12. The number of hydrogen-bond donors (Lipinski definition) is 2. The average Bonchev–Trinajstić information content (AvgIpc) is 2.35. The van der Waals surface area contributed by atoms with Crippen molar-refractivity contribution >= 4 is 18.3 Å². The molecule has 0 aliphatic heterocycles. The second-order valence-corrected chi connectivity index (χ2v) is 2.14. The summed E-state index contributed by atoms with van der Waals surface area (Å²) < 4.78 is 1.68. The molecule has 46 valence electrons. The van der Waals surface area contributed by atoms with E-state index in [1.54, 1.807) is 4.52 Å². The van der Waals surface area contributed by atoms with Gasteiger partial charge in [0.2, 0.25) is 0 Å². The average molecular weight is 140 g/mol. The van der Waals surface area contributed by atoms with Crippen LogP contribution in [0, 0.1) is 0 Å². The zero-order valence-electron chi connectivity index (χ0n) is 4.44. The summed E-state index contributed by atoms with van der Waals surface area (Å²) in [7, 11) is 0. The lowest BCUT2D eigenvalue weighted by Gasteiger charge is -1.81. The predicted octanol–water partition coefficient (Wildman–Crippen LogP) is 0.346. The number of H-pyrrole nitrogens is 1. The van der Waals surface area contributed by atoms with Crippen LogP contribution in [0.25, 0.3) is 5.65 Å². The van der Waals surface area contributed by atoms with Gasteiger partial charge >= 0.3 is 0 Å². The van der Waals surface area contributed by atoms with Crippen LogP contribution in [-0.4, -0.2) is 20.0 Å². The van der Waals surface area contributed by atoms with Crippen LogP contribution < -0.4 is 0 Å². The third-order valence-corrected chi connectivity index (χ3v) is 1.49. The van der Waals surface area contributed by atoms with Gasteiger partial charge in [0.05, 0.1) is 5.03 Å². The van der Waals surface area contributed by atoms with Gasteiger partial charge in [0.25, 0.3) is 0 Å². The molecule has 4 nitrogen and oxygen atoms in total. The summed E-state index contributed by atoms with van der Waals surface area (Å²) in [4.78, 5) is 0. The van der Waals surface area contributed by atoms with E-state index in [4.69, 9.17) is 0 Å². The molecule has 2 aromatic heterocycles. The smallest absolute Gasteiger partial charge is 0.178 e. The highest BCUT2D eigenvalue weighted by Crippen LogP contribution is 2.07. The molecule has 0 radical (unpaired) electrons. The molecule has 0 spiro atoms. The van der Waals surface area contributed by atoms with Crippen LogP contribution in [-0.2, 0) is 0 Å². The number of fused-ring (bicyclic) bond motifs is 1. The van der Waals surface area contributed by atoms with Crippen LogP contribution >= 0.6 is 12.6 Å². The summed E-state index contributed by atoms with van der Waals surface area (Å²) in [6, 6.07) is 3.69. The Bertz CT molecular complexity index is 322. The van der Waals surface area contributed by atoms with Crippen LogP contribution in [0.3, 0.4) is 0 Å². The quantitative estimate of drug-likeness (QED) is 0.518. The molecule has 1 N–H and O–H groups in total. The van der Waals surface area contributed by atoms with E-state index in [-0.39, 0.29) is 0 Å². The molecule has 2 heterocycles. The minimum atomic E-state index is 0.792. The summed E-state index contributed by atoms with van der Waals surface area (Å²) in [6.07, 6.45) is 0. The van der Waals surface area contributed by atoms with Crippen molar-refractivity contribution in [1.82, 2.24) is 20.0 Å². The number of hydrogen-bond acceptors (Lipinski definition) is 3. The molecule has 0 fully saturated rings. The second kappa shape index (κ2) is 1.51. The zero-order valence-corrected chi connectivity index (χ0v) is 5.34. The van der Waals surface area contributed by atoms with E-state index >= 15 is 0 Å². The maximum absolute atomic E-state index is 4.12. The third-order valence-electron chi connectivity index (χ3n) is 1.14. The highest BCUT2D eigenvalue weighted by atomic mass is 32.1. The van der Waals surface area contributed by atoms with Crippen molar-refractivity contribution in [3.8, 4) is 0 Å². The fourth-order valence-corrected chi connectivity index (χ4v) is 0.936. The number of nitrogens with zero attached hydrogens (tertiary/aromatic N) is 3. The summed E-state index contributed by atoms with van der Waals surface area (Å²) >= 11 is 4.12. The van der Waals surface area contributed by atoms with Crippen molar-refractivity contribution in [2.75, 3.05) is 0 Å². The highest BCUT2D eigenvalue weighted by Gasteiger charge is 1.97. The van der Waals surface area contributed by atoms with Crippen molar-refractivity contribution in [2.45, 2.75) is 5.03 Å². The van der Waals surface area contributed by atoms with Crippen LogP contribution in [0.15, 0.2) is 17.2 Å². The van der Waals surface area contributed by atoms with E-state index in [0.29, 0.717) is 0 Å². The number of tetrazole rings is 1. The van der Waals surface area contributed by atoms with Gasteiger partial charge in [0.15, 0.2) is 5.65 Å². The molecule has 0 unspecified atom stereocenters. The van der Waals surface area contributed by atoms with Crippen LogP contribution in [0.1, 0.15) is 0 Å². The maximum Gasteiger partial charge on any atom is 0.178 e. The third kappa shape index (κ3) is 0.547. The number of rotatable bonds is 0. The lowest BCUT2D eigenvalue weighted by atomic mass is 10.6. The Kier molecular flexibility index (Phi) is 0.814. The Morgan fingerprint density at radius 2 is 2.44 bits per heavy atom. The monoisotopic (exact) mass is 140 g/mol. The summed E-state index contributed by atoms with van der Waals surface area (Å²) in [6.45, 7) is 0. The van der Waals surface area contributed by atoms with E-state index in [2.05, 4.69) is 28.2 Å². The molecule has 9 heavy (non-hydrogen) atoms. The Labute approximate surface area is 56.3 Å². The molecule has 0 saturated heterocycles. The molecule has 0 bridgehead atoms. The largest absolute Gasteiger partial charge is 0.213 e. The molecule has 0 aromatic carbocycles. The topological polar surface area (TPSA) is 46.0 Å². The summed E-state index contributed by atoms with van der Waals surface area (Å²) in [5.41, 5.74) is 0.792. The first-order valence-electron chi connectivity index (χ1n) is 2.45. The summed E-state index contributed by atoms with van der Waals surface area (Å²) in [5, 5.41) is 10.8. The Morgan fingerprint density at radius 1 is 1.56 bits per heavy atom. The second-order valence-electron chi connectivity index (χ2n) is 1.69. The normalized spacial score (nSPS) is 10.8. The molecular weight excluding hydrogens is 136 g/mol. The number of aromatic amines is 1. The molecule has 0 atom stereocenters. The van der Waals surface area contributed by atoms with Crippen molar-refractivity contribution < 1.29 is 0 Å². The zero-order chi connectivity index (χ0) is 6.27. The first kappa shape index (κ1) is 4.87. The van der Waals surface area contributed by atoms with Gasteiger partial charge < -0.3 is 0 Å². The van der Waals surface area contributed by atoms with E-state index < -0.39 is 0 Å². The lowest BCUT2D eigenvalue weighted by Crippen LogP contribution is -1.81. The van der Waals surface area contributed by atoms with Crippen LogP contribution in [0.5, 0.6) is 0 Å². The Hall–Kier alpha value is -0.970. The number of aromatic nitrogens is 4. The van der Waals surface area contributed by atoms with Gasteiger partial charge in [-0.15, -0.1) is 17.7 Å². The van der Waals surface area contributed by atoms with Gasteiger partial charge in [-0.05, 0) is 12.1 Å². The van der Waals surface area contributed by atoms with Crippen LogP contribution in [0.2, 0.25) is 0 Å². The number of thiol groups is 1. The molecule has 2 rings (SSSR count). The van der Waals surface area contributed by atoms with Gasteiger partial charge in [0, 0.05) is 0 Å². The van der Waals surface area contributed by atoms with Crippen molar-refractivity contribution in [2.24, 2.45) is 0 Å². The van der Waals surface area contributed by atoms with Gasteiger partial charge in [-0.3, -0.25) is 0 Å². The van der Waals surface area contributed by atoms with Gasteiger partial charge in [-0.1, -0.05) is 5.21 Å². The van der Waals surface area contributed by atoms with Gasteiger partial charge in [0.1, 0.15) is 0 Å². The van der Waals surface area contributed by atoms with Gasteiger partial charge in [-0.25, -0.2) is 4.52 Å². The van der Waals surface area contributed by atoms with Crippen molar-refractivity contribution in [1.29, 1.82) is 0 Å². The highest BCUT2D eigenvalue weighted by molar-refractivity contribution is 7.80. The predicted molar refractivity (Wildman–Crippen MR) is 34.6 cm³/mol.